The Kier molecular flexibility index (Phi) is 11.2. The molecule has 0 fully saturated rings. The summed E-state index contributed by atoms with van der Waals surface area (Å²) in [5.41, 5.74) is 16.7. The third kappa shape index (κ3) is 7.57. The highest BCUT2D eigenvalue weighted by Gasteiger charge is 2.27. The van der Waals surface area contributed by atoms with Crippen LogP contribution in [0.15, 0.2) is 278 Å². The molecule has 1 aliphatic carbocycles. The van der Waals surface area contributed by atoms with Gasteiger partial charge in [0, 0.05) is 38.4 Å². The second-order valence-corrected chi connectivity index (χ2v) is 21.7. The largest absolute Gasteiger partial charge is 0.310 e. The van der Waals surface area contributed by atoms with Crippen LogP contribution in [0.5, 0.6) is 0 Å². The first kappa shape index (κ1) is 45.9. The van der Waals surface area contributed by atoms with Gasteiger partial charge in [0.2, 0.25) is 0 Å². The number of thioether (sulfide) groups is 1. The van der Waals surface area contributed by atoms with Crippen LogP contribution in [0.4, 0.5) is 34.1 Å². The Morgan fingerprint density at radius 3 is 1.45 bits per heavy atom. The van der Waals surface area contributed by atoms with Crippen molar-refractivity contribution in [3.8, 4) is 44.5 Å². The van der Waals surface area contributed by atoms with Gasteiger partial charge in [-0.2, -0.15) is 0 Å². The minimum Gasteiger partial charge on any atom is -0.310 e. The first-order chi connectivity index (χ1) is 38.7. The zero-order valence-electron chi connectivity index (χ0n) is 43.2. The third-order valence-electron chi connectivity index (χ3n) is 16.1. The van der Waals surface area contributed by atoms with E-state index >= 15 is 0 Å². The number of rotatable bonds is 11. The lowest BCUT2D eigenvalue weighted by molar-refractivity contribution is 1.10. The maximum absolute atomic E-state index is 2.49. The summed E-state index contributed by atoms with van der Waals surface area (Å²) >= 11 is 1.92. The first-order valence-electron chi connectivity index (χ1n) is 27.2. The Bertz CT molecular complexity index is 4630. The van der Waals surface area contributed by atoms with Gasteiger partial charge in [-0.25, -0.2) is 0 Å². The highest BCUT2D eigenvalue weighted by molar-refractivity contribution is 7.99. The molecular formula is C75H52N2S. The molecule has 0 bridgehead atoms. The summed E-state index contributed by atoms with van der Waals surface area (Å²) in [6.07, 6.45) is 1.13. The van der Waals surface area contributed by atoms with Crippen molar-refractivity contribution in [3.05, 3.63) is 273 Å². The van der Waals surface area contributed by atoms with Gasteiger partial charge in [-0.3, -0.25) is 0 Å². The molecule has 0 amide bonds. The molecule has 0 radical (unpaired) electrons. The zero-order valence-corrected chi connectivity index (χ0v) is 44.0. The normalized spacial score (nSPS) is 11.8. The zero-order chi connectivity index (χ0) is 51.7. The molecule has 2 nitrogen and oxygen atoms in total. The molecule has 15 rings (SSSR count). The van der Waals surface area contributed by atoms with Crippen LogP contribution in [0.2, 0.25) is 0 Å². The molecule has 368 valence electrons. The van der Waals surface area contributed by atoms with Crippen molar-refractivity contribution in [2.75, 3.05) is 15.6 Å². The molecule has 1 aliphatic rings. The van der Waals surface area contributed by atoms with Crippen LogP contribution in [0.3, 0.4) is 0 Å². The summed E-state index contributed by atoms with van der Waals surface area (Å²) in [6.45, 7) is 2.25. The van der Waals surface area contributed by atoms with Crippen molar-refractivity contribution in [1.82, 2.24) is 0 Å². The average molecular weight is 1010 g/mol. The average Bonchev–Trinajstić information content (AvgIpc) is 4.02. The maximum Gasteiger partial charge on any atom is 0.0540 e. The Labute approximate surface area is 459 Å². The van der Waals surface area contributed by atoms with Crippen molar-refractivity contribution in [1.29, 1.82) is 0 Å². The van der Waals surface area contributed by atoms with Crippen LogP contribution in [0, 0.1) is 0 Å². The van der Waals surface area contributed by atoms with Crippen LogP contribution in [-0.2, 0) is 0 Å². The lowest BCUT2D eigenvalue weighted by Crippen LogP contribution is -2.11. The molecule has 3 heteroatoms. The van der Waals surface area contributed by atoms with E-state index < -0.39 is 0 Å². The Morgan fingerprint density at radius 2 is 0.782 bits per heavy atom. The number of hydrogen-bond donors (Lipinski definition) is 0. The van der Waals surface area contributed by atoms with Gasteiger partial charge in [0.25, 0.3) is 0 Å². The van der Waals surface area contributed by atoms with Crippen LogP contribution >= 0.6 is 11.8 Å². The van der Waals surface area contributed by atoms with Crippen LogP contribution in [0.25, 0.3) is 109 Å². The first-order valence-corrected chi connectivity index (χ1v) is 28.2. The van der Waals surface area contributed by atoms with Crippen molar-refractivity contribution < 1.29 is 0 Å². The summed E-state index contributed by atoms with van der Waals surface area (Å²) in [6, 6.07) is 102. The molecular weight excluding hydrogens is 961 g/mol. The molecule has 0 heterocycles. The Hall–Kier alpha value is -9.41. The van der Waals surface area contributed by atoms with Gasteiger partial charge in [0.05, 0.1) is 11.4 Å². The summed E-state index contributed by atoms with van der Waals surface area (Å²) < 4.78 is 0. The Morgan fingerprint density at radius 1 is 0.295 bits per heavy atom. The van der Waals surface area contributed by atoms with E-state index in [0.717, 1.165) is 46.3 Å². The van der Waals surface area contributed by atoms with E-state index in [9.17, 15) is 0 Å². The highest BCUT2D eigenvalue weighted by Crippen LogP contribution is 2.54. The number of anilines is 6. The number of hydrogen-bond acceptors (Lipinski definition) is 3. The Balaban J connectivity index is 1.07. The minimum atomic E-state index is 1.09. The van der Waals surface area contributed by atoms with Crippen molar-refractivity contribution >= 4 is 111 Å². The number of benzene rings is 14. The maximum atomic E-state index is 2.49. The molecule has 0 saturated heterocycles. The fraction of sp³-hybridized carbons (Fsp3) is 0.0400. The molecule has 0 unspecified atom stereocenters. The molecule has 0 aliphatic heterocycles. The van der Waals surface area contributed by atoms with Gasteiger partial charge in [0.15, 0.2) is 0 Å². The smallest absolute Gasteiger partial charge is 0.0540 e. The quantitative estimate of drug-likeness (QED) is 0.0942. The lowest BCUT2D eigenvalue weighted by atomic mass is 9.83. The highest BCUT2D eigenvalue weighted by atomic mass is 32.2. The van der Waals surface area contributed by atoms with E-state index in [-0.39, 0.29) is 0 Å². The number of nitrogens with zero attached hydrogens (tertiary/aromatic N) is 2. The second-order valence-electron chi connectivity index (χ2n) is 20.6. The summed E-state index contributed by atoms with van der Waals surface area (Å²) in [5.74, 6) is 1.09. The van der Waals surface area contributed by atoms with Gasteiger partial charge >= 0.3 is 0 Å². The van der Waals surface area contributed by atoms with Gasteiger partial charge in [-0.1, -0.05) is 201 Å². The summed E-state index contributed by atoms with van der Waals surface area (Å²) in [7, 11) is 0. The van der Waals surface area contributed by atoms with E-state index in [1.807, 2.05) is 11.8 Å². The molecule has 0 N–H and O–H groups in total. The van der Waals surface area contributed by atoms with E-state index in [2.05, 4.69) is 290 Å². The standard InChI is InChI=1S/C75H52N2S/c1-2-45-78-58-39-35-55(36-40-58)77(72-32-15-22-51-19-9-11-26-60(51)72)56-38-42-68-69(47-56)73(53-34-33-49-17-6-7-20-52(49)46-53)67-41-37-57(76(54-23-4-3-5-24-54)71-31-14-21-50-18-8-10-25-59(50)71)48-70(67)75(68)66-44-43-65-62-28-13-12-27-61(62)63-29-16-30-64(66)74(63)65/h3-44,46-48H,2,45H2,1H3. The minimum absolute atomic E-state index is 1.09. The predicted octanol–water partition coefficient (Wildman–Crippen LogP) is 22.0. The van der Waals surface area contributed by atoms with Crippen molar-refractivity contribution in [2.24, 2.45) is 0 Å². The van der Waals surface area contributed by atoms with E-state index in [1.165, 1.54) is 114 Å². The SMILES string of the molecule is CCCSc1ccc(N(c2ccc3c(-c4ccc5c6c(cccc46)-c4ccccc4-5)c4cc(N(c5ccccc5)c5cccc6ccccc56)ccc4c(-c4ccc5ccccc5c4)c3c2)c2cccc3ccccc23)cc1. The van der Waals surface area contributed by atoms with Crippen LogP contribution in [0.1, 0.15) is 13.3 Å². The van der Waals surface area contributed by atoms with E-state index in [0.29, 0.717) is 0 Å². The number of fused-ring (bicyclic) bond motifs is 8. The summed E-state index contributed by atoms with van der Waals surface area (Å²) in [4.78, 5) is 6.21. The van der Waals surface area contributed by atoms with Crippen LogP contribution < -0.4 is 9.80 Å². The van der Waals surface area contributed by atoms with E-state index in [1.54, 1.807) is 0 Å². The fourth-order valence-corrected chi connectivity index (χ4v) is 13.4. The fourth-order valence-electron chi connectivity index (χ4n) is 12.6. The predicted molar refractivity (Wildman–Crippen MR) is 337 cm³/mol. The summed E-state index contributed by atoms with van der Waals surface area (Å²) in [5, 5.41) is 14.6. The second kappa shape index (κ2) is 19.0. The van der Waals surface area contributed by atoms with Crippen LogP contribution in [-0.4, -0.2) is 5.75 Å². The van der Waals surface area contributed by atoms with Gasteiger partial charge in [-0.05, 0) is 189 Å². The molecule has 0 aromatic heterocycles. The molecule has 0 saturated carbocycles. The van der Waals surface area contributed by atoms with Gasteiger partial charge in [-0.15, -0.1) is 11.8 Å². The topological polar surface area (TPSA) is 6.48 Å². The molecule has 0 atom stereocenters. The van der Waals surface area contributed by atoms with Gasteiger partial charge < -0.3 is 9.80 Å². The van der Waals surface area contributed by atoms with Crippen molar-refractivity contribution in [2.45, 2.75) is 18.2 Å². The molecule has 0 spiro atoms. The molecule has 14 aromatic rings. The van der Waals surface area contributed by atoms with Crippen molar-refractivity contribution in [3.63, 3.8) is 0 Å². The molecule has 14 aromatic carbocycles. The lowest BCUT2D eigenvalue weighted by Gasteiger charge is -2.29. The number of para-hydroxylation sites is 1. The monoisotopic (exact) mass is 1010 g/mol. The van der Waals surface area contributed by atoms with Gasteiger partial charge in [0.1, 0.15) is 0 Å². The molecule has 78 heavy (non-hydrogen) atoms. The van der Waals surface area contributed by atoms with E-state index in [4.69, 9.17) is 0 Å². The third-order valence-corrected chi connectivity index (χ3v) is 17.3.